The van der Waals surface area contributed by atoms with Gasteiger partial charge in [0.15, 0.2) is 0 Å². The number of piperidine rings is 1. The maximum Gasteiger partial charge on any atom is 0.318 e. The molecule has 0 unspecified atom stereocenters. The lowest BCUT2D eigenvalue weighted by Gasteiger charge is -2.37. The lowest BCUT2D eigenvalue weighted by molar-refractivity contribution is 0.127. The van der Waals surface area contributed by atoms with Gasteiger partial charge < -0.3 is 19.9 Å². The molecule has 2 aromatic rings. The van der Waals surface area contributed by atoms with Gasteiger partial charge in [-0.3, -0.25) is 0 Å². The fraction of sp³-hybridized carbons (Fsp3) is 0.480. The molecule has 0 saturated carbocycles. The average molecular weight is 435 g/mol. The van der Waals surface area contributed by atoms with Crippen molar-refractivity contribution in [3.05, 3.63) is 65.5 Å². The van der Waals surface area contributed by atoms with Gasteiger partial charge in [0.2, 0.25) is 0 Å². The Bertz CT molecular complexity index is 1070. The van der Waals surface area contributed by atoms with Crippen LogP contribution >= 0.6 is 0 Å². The largest absolute Gasteiger partial charge is 0.493 e. The molecule has 2 amide bonds. The van der Waals surface area contributed by atoms with Gasteiger partial charge in [-0.25, -0.2) is 9.18 Å². The zero-order valence-electron chi connectivity index (χ0n) is 24.9. The minimum atomic E-state index is -2.27. The van der Waals surface area contributed by atoms with Crippen molar-refractivity contribution in [3.8, 4) is 5.75 Å². The normalized spacial score (nSPS) is 19.8. The number of hydrogen-bond acceptors (Lipinski definition) is 3. The van der Waals surface area contributed by atoms with Crippen LogP contribution in [0.5, 0.6) is 5.75 Å². The van der Waals surface area contributed by atoms with E-state index < -0.39 is 37.8 Å². The van der Waals surface area contributed by atoms with Gasteiger partial charge in [-0.2, -0.15) is 0 Å². The second-order valence-corrected chi connectivity index (χ2v) is 7.93. The average Bonchev–Trinajstić information content (AvgIpc) is 2.83. The highest BCUT2D eigenvalue weighted by Crippen LogP contribution is 2.19. The van der Waals surface area contributed by atoms with Gasteiger partial charge in [0.1, 0.15) is 11.6 Å². The highest BCUT2D eigenvalue weighted by atomic mass is 19.1. The van der Waals surface area contributed by atoms with Crippen molar-refractivity contribution in [2.75, 3.05) is 26.6 Å². The van der Waals surface area contributed by atoms with E-state index in [0.717, 1.165) is 0 Å². The van der Waals surface area contributed by atoms with Crippen molar-refractivity contribution in [2.45, 2.75) is 45.8 Å². The second kappa shape index (κ2) is 11.1. The standard InChI is InChI=1S/C25H34FN3O2/c1-19(2)18-31-24-10-6-20(7-11-24)16-27-25(30)29(23-12-14-28(3)15-13-23)17-21-4-8-22(26)9-5-21/h4-11,19,23H,12-18H2,1-3H3,(H,27,30)/i3D3,16D2,18D2. The number of halogens is 1. The first kappa shape index (κ1) is 15.2. The molecule has 6 heteroatoms. The summed E-state index contributed by atoms with van der Waals surface area (Å²) in [6, 6.07) is 10.4. The van der Waals surface area contributed by atoms with Gasteiger partial charge in [-0.1, -0.05) is 38.1 Å². The Morgan fingerprint density at radius 1 is 1.19 bits per heavy atom. The molecule has 2 aromatic carbocycles. The SMILES string of the molecule is [2H]C([2H])(NC(=O)N(Cc1ccc(F)cc1)C1CCN(C([2H])([2H])[2H])CC1)c1ccc(OC([2H])([2H])C(C)C)cc1. The van der Waals surface area contributed by atoms with Crippen LogP contribution in [0.2, 0.25) is 0 Å². The first-order chi connectivity index (χ1) is 17.6. The van der Waals surface area contributed by atoms with Crippen molar-refractivity contribution >= 4 is 6.03 Å². The number of ether oxygens (including phenoxy) is 1. The Kier molecular flexibility index (Phi) is 5.48. The maximum absolute atomic E-state index is 13.4. The van der Waals surface area contributed by atoms with E-state index in [1.54, 1.807) is 26.0 Å². The fourth-order valence-electron chi connectivity index (χ4n) is 3.32. The molecule has 1 N–H and O–H groups in total. The van der Waals surface area contributed by atoms with Crippen LogP contribution in [0.3, 0.4) is 0 Å². The highest BCUT2D eigenvalue weighted by molar-refractivity contribution is 5.74. The van der Waals surface area contributed by atoms with Gasteiger partial charge in [-0.15, -0.1) is 0 Å². The number of carbonyl (C=O) groups excluding carboxylic acids is 1. The molecule has 0 aliphatic carbocycles. The van der Waals surface area contributed by atoms with Gasteiger partial charge in [-0.05, 0) is 74.2 Å². The Hall–Kier alpha value is -2.60. The van der Waals surface area contributed by atoms with E-state index in [2.05, 4.69) is 5.32 Å². The van der Waals surface area contributed by atoms with Gasteiger partial charge in [0.25, 0.3) is 0 Å². The molecule has 1 saturated heterocycles. The number of nitrogens with zero attached hydrogens (tertiary/aromatic N) is 2. The number of rotatable bonds is 8. The summed E-state index contributed by atoms with van der Waals surface area (Å²) in [4.78, 5) is 16.3. The van der Waals surface area contributed by atoms with E-state index in [4.69, 9.17) is 14.3 Å². The summed E-state index contributed by atoms with van der Waals surface area (Å²) in [7, 11) is 0. The molecule has 31 heavy (non-hydrogen) atoms. The second-order valence-electron chi connectivity index (χ2n) is 7.93. The molecule has 1 fully saturated rings. The number of urea groups is 1. The highest BCUT2D eigenvalue weighted by Gasteiger charge is 2.27. The van der Waals surface area contributed by atoms with Crippen LogP contribution in [0.1, 0.15) is 47.4 Å². The quantitative estimate of drug-likeness (QED) is 0.657. The smallest absolute Gasteiger partial charge is 0.318 e. The van der Waals surface area contributed by atoms with Gasteiger partial charge >= 0.3 is 6.03 Å². The molecule has 5 nitrogen and oxygen atoms in total. The topological polar surface area (TPSA) is 44.8 Å². The molecule has 0 atom stereocenters. The summed E-state index contributed by atoms with van der Waals surface area (Å²) < 4.78 is 74.6. The fourth-order valence-corrected chi connectivity index (χ4v) is 3.32. The summed E-state index contributed by atoms with van der Waals surface area (Å²) in [6.45, 7) is -2.41. The molecular formula is C25H34FN3O2. The number of amides is 2. The monoisotopic (exact) mass is 434 g/mol. The van der Waals surface area contributed by atoms with E-state index in [1.807, 2.05) is 0 Å². The van der Waals surface area contributed by atoms with Gasteiger partial charge in [0, 0.05) is 23.2 Å². The third kappa shape index (κ3) is 7.24. The zero-order valence-corrected chi connectivity index (χ0v) is 17.9. The van der Waals surface area contributed by atoms with E-state index in [0.29, 0.717) is 18.4 Å². The Balaban J connectivity index is 1.76. The van der Waals surface area contributed by atoms with Crippen LogP contribution in [-0.2, 0) is 13.0 Å². The van der Waals surface area contributed by atoms with Crippen LogP contribution < -0.4 is 10.1 Å². The first-order valence-electron chi connectivity index (χ1n) is 14.0. The van der Waals surface area contributed by atoms with Crippen molar-refractivity contribution in [2.24, 2.45) is 5.92 Å². The maximum atomic E-state index is 13.4. The summed E-state index contributed by atoms with van der Waals surface area (Å²) in [5.41, 5.74) is 0.795. The molecule has 1 heterocycles. The Morgan fingerprint density at radius 3 is 2.45 bits per heavy atom. The molecular weight excluding hydrogens is 393 g/mol. The van der Waals surface area contributed by atoms with Crippen LogP contribution in [0.4, 0.5) is 9.18 Å². The van der Waals surface area contributed by atoms with E-state index in [-0.39, 0.29) is 37.0 Å². The Morgan fingerprint density at radius 2 is 1.84 bits per heavy atom. The molecule has 0 bridgehead atoms. The molecule has 0 aromatic heterocycles. The molecule has 3 rings (SSSR count). The molecule has 0 spiro atoms. The Labute approximate surface area is 195 Å². The number of carbonyl (C=O) groups is 1. The molecule has 0 radical (unpaired) electrons. The van der Waals surface area contributed by atoms with Crippen molar-refractivity contribution in [3.63, 3.8) is 0 Å². The van der Waals surface area contributed by atoms with Crippen LogP contribution in [-0.4, -0.2) is 48.5 Å². The summed E-state index contributed by atoms with van der Waals surface area (Å²) in [5.74, 6) is -0.582. The van der Waals surface area contributed by atoms with Gasteiger partial charge in [0.05, 0.1) is 12.0 Å². The molecule has 168 valence electrons. The van der Waals surface area contributed by atoms with Crippen molar-refractivity contribution < 1.29 is 23.5 Å². The first-order valence-corrected chi connectivity index (χ1v) is 10.5. The number of hydrogen-bond donors (Lipinski definition) is 1. The lowest BCUT2D eigenvalue weighted by Crippen LogP contribution is -2.49. The number of nitrogens with one attached hydrogen (secondary N) is 1. The third-order valence-corrected chi connectivity index (χ3v) is 5.01. The molecule has 1 aliphatic rings. The number of benzene rings is 2. The van der Waals surface area contributed by atoms with Crippen LogP contribution in [0.15, 0.2) is 48.5 Å². The third-order valence-electron chi connectivity index (χ3n) is 5.01. The van der Waals surface area contributed by atoms with E-state index in [1.165, 1.54) is 46.2 Å². The minimum Gasteiger partial charge on any atom is -0.493 e. The van der Waals surface area contributed by atoms with Crippen molar-refractivity contribution in [1.82, 2.24) is 15.1 Å². The van der Waals surface area contributed by atoms with E-state index >= 15 is 0 Å². The number of likely N-dealkylation sites (tertiary alicyclic amines) is 1. The summed E-state index contributed by atoms with van der Waals surface area (Å²) >= 11 is 0. The van der Waals surface area contributed by atoms with Crippen LogP contribution in [0, 0.1) is 11.7 Å². The predicted octanol–water partition coefficient (Wildman–Crippen LogP) is 4.67. The van der Waals surface area contributed by atoms with Crippen LogP contribution in [0.25, 0.3) is 0 Å². The van der Waals surface area contributed by atoms with E-state index in [9.17, 15) is 9.18 Å². The molecule has 1 aliphatic heterocycles. The predicted molar refractivity (Wildman–Crippen MR) is 121 cm³/mol. The zero-order chi connectivity index (χ0) is 28.3. The summed E-state index contributed by atoms with van der Waals surface area (Å²) in [5, 5.41) is 2.44. The summed E-state index contributed by atoms with van der Waals surface area (Å²) in [6.07, 6.45) is 0.778. The van der Waals surface area contributed by atoms with Crippen molar-refractivity contribution in [1.29, 1.82) is 0 Å². The minimum absolute atomic E-state index is 0.0949. The lowest BCUT2D eigenvalue weighted by atomic mass is 10.0.